The predicted octanol–water partition coefficient (Wildman–Crippen LogP) is 3.99. The van der Waals surface area contributed by atoms with Crippen molar-refractivity contribution in [2.75, 3.05) is 13.2 Å². The first-order valence-corrected chi connectivity index (χ1v) is 10.7. The number of piperidine rings is 1. The first-order valence-electron chi connectivity index (χ1n) is 10.7. The zero-order valence-electron chi connectivity index (χ0n) is 19.0. The van der Waals surface area contributed by atoms with E-state index in [1.54, 1.807) is 6.07 Å². The molecule has 192 valence electrons. The Balaban J connectivity index is 1.62. The van der Waals surface area contributed by atoms with Crippen LogP contribution in [0.5, 0.6) is 5.88 Å². The summed E-state index contributed by atoms with van der Waals surface area (Å²) >= 11 is 0. The van der Waals surface area contributed by atoms with Crippen molar-refractivity contribution in [3.05, 3.63) is 54.0 Å². The third kappa shape index (κ3) is 5.26. The number of halogens is 6. The van der Waals surface area contributed by atoms with E-state index >= 15 is 0 Å². The zero-order chi connectivity index (χ0) is 26.3. The Morgan fingerprint density at radius 1 is 1.22 bits per heavy atom. The maximum absolute atomic E-state index is 14.5. The molecular formula is C22H20F6N6O2. The molecule has 4 heterocycles. The summed E-state index contributed by atoms with van der Waals surface area (Å²) < 4.78 is 88.1. The summed E-state index contributed by atoms with van der Waals surface area (Å²) in [6, 6.07) is 0.812. The molecule has 0 aromatic carbocycles. The van der Waals surface area contributed by atoms with Crippen molar-refractivity contribution in [3.8, 4) is 17.3 Å². The molecule has 2 atom stereocenters. The number of aryl methyl sites for hydroxylation is 1. The van der Waals surface area contributed by atoms with E-state index in [4.69, 9.17) is 4.74 Å². The highest BCUT2D eigenvalue weighted by Crippen LogP contribution is 2.36. The van der Waals surface area contributed by atoms with Gasteiger partial charge in [0.1, 0.15) is 6.61 Å². The highest BCUT2D eigenvalue weighted by atomic mass is 19.4. The second-order valence-corrected chi connectivity index (χ2v) is 8.49. The van der Waals surface area contributed by atoms with E-state index in [0.29, 0.717) is 6.20 Å². The van der Waals surface area contributed by atoms with E-state index in [9.17, 15) is 31.1 Å². The van der Waals surface area contributed by atoms with Crippen molar-refractivity contribution in [2.45, 2.75) is 31.5 Å². The van der Waals surface area contributed by atoms with Crippen molar-refractivity contribution in [3.63, 3.8) is 0 Å². The lowest BCUT2D eigenvalue weighted by Crippen LogP contribution is -2.57. The van der Waals surface area contributed by atoms with Crippen LogP contribution in [-0.2, 0) is 13.2 Å². The number of amides is 1. The van der Waals surface area contributed by atoms with Crippen LogP contribution in [0.25, 0.3) is 11.4 Å². The van der Waals surface area contributed by atoms with E-state index < -0.39 is 66.8 Å². The maximum atomic E-state index is 14.5. The van der Waals surface area contributed by atoms with Crippen LogP contribution < -0.4 is 4.74 Å². The smallest absolute Gasteiger partial charge is 0.417 e. The van der Waals surface area contributed by atoms with Gasteiger partial charge in [0, 0.05) is 38.3 Å². The largest absolute Gasteiger partial charge is 0.473 e. The molecule has 0 saturated carbocycles. The molecule has 3 aromatic heterocycles. The standard InChI is InChI=1S/C22H20F6N6O2/c1-12-7-21(24,25)11-34(16(12)10-36-19-15(23)6-13(8-31-19)22(26,27)28)20(35)17-14(9-33(2)32-17)18-29-4-3-5-30-18/h3-6,8-9,12,16H,7,10-11H2,1-2H3. The summed E-state index contributed by atoms with van der Waals surface area (Å²) in [5.74, 6) is -6.83. The van der Waals surface area contributed by atoms with E-state index in [-0.39, 0.29) is 23.1 Å². The Labute approximate surface area is 200 Å². The van der Waals surface area contributed by atoms with E-state index in [1.165, 1.54) is 37.2 Å². The van der Waals surface area contributed by atoms with Crippen molar-refractivity contribution in [2.24, 2.45) is 13.0 Å². The van der Waals surface area contributed by atoms with Crippen LogP contribution in [0.2, 0.25) is 0 Å². The summed E-state index contributed by atoms with van der Waals surface area (Å²) in [5, 5.41) is 4.12. The van der Waals surface area contributed by atoms with Crippen LogP contribution in [0.4, 0.5) is 26.3 Å². The Hall–Kier alpha value is -3.71. The number of nitrogens with zero attached hydrogens (tertiary/aromatic N) is 6. The molecule has 4 rings (SSSR count). The minimum Gasteiger partial charge on any atom is -0.473 e. The molecule has 1 amide bonds. The predicted molar refractivity (Wildman–Crippen MR) is 112 cm³/mol. The number of likely N-dealkylation sites (tertiary alicyclic amines) is 1. The number of hydrogen-bond donors (Lipinski definition) is 0. The number of carbonyl (C=O) groups excluding carboxylic acids is 1. The van der Waals surface area contributed by atoms with Crippen LogP contribution in [0, 0.1) is 11.7 Å². The van der Waals surface area contributed by atoms with Gasteiger partial charge in [-0.2, -0.15) is 18.3 Å². The Morgan fingerprint density at radius 2 is 1.92 bits per heavy atom. The fourth-order valence-electron chi connectivity index (χ4n) is 4.06. The molecule has 8 nitrogen and oxygen atoms in total. The molecule has 0 spiro atoms. The summed E-state index contributed by atoms with van der Waals surface area (Å²) in [6.45, 7) is 0.0264. The number of pyridine rings is 1. The molecule has 0 N–H and O–H groups in total. The van der Waals surface area contributed by atoms with Gasteiger partial charge in [0.15, 0.2) is 17.3 Å². The van der Waals surface area contributed by atoms with E-state index in [0.717, 1.165) is 4.90 Å². The second-order valence-electron chi connectivity index (χ2n) is 8.49. The fraction of sp³-hybridized carbons (Fsp3) is 0.409. The molecule has 0 radical (unpaired) electrons. The third-order valence-electron chi connectivity index (χ3n) is 5.70. The number of alkyl halides is 5. The van der Waals surface area contributed by atoms with Crippen LogP contribution in [-0.4, -0.2) is 60.7 Å². The molecule has 0 bridgehead atoms. The Bertz CT molecular complexity index is 1250. The minimum atomic E-state index is -4.80. The molecule has 3 aromatic rings. The third-order valence-corrected chi connectivity index (χ3v) is 5.70. The molecule has 14 heteroatoms. The summed E-state index contributed by atoms with van der Waals surface area (Å²) in [5.41, 5.74) is -1.25. The van der Waals surface area contributed by atoms with Crippen molar-refractivity contribution >= 4 is 5.91 Å². The van der Waals surface area contributed by atoms with Crippen molar-refractivity contribution in [1.82, 2.24) is 29.6 Å². The average Bonchev–Trinajstić information content (AvgIpc) is 3.19. The molecule has 1 aliphatic heterocycles. The Kier molecular flexibility index (Phi) is 6.62. The van der Waals surface area contributed by atoms with Gasteiger partial charge in [-0.25, -0.2) is 28.1 Å². The van der Waals surface area contributed by atoms with Gasteiger partial charge in [0.25, 0.3) is 11.8 Å². The van der Waals surface area contributed by atoms with Gasteiger partial charge < -0.3 is 9.64 Å². The van der Waals surface area contributed by atoms with Gasteiger partial charge >= 0.3 is 6.18 Å². The lowest BCUT2D eigenvalue weighted by molar-refractivity contribution is -0.138. The first kappa shape index (κ1) is 25.4. The summed E-state index contributed by atoms with van der Waals surface area (Å²) in [6.07, 6.45) is -0.612. The second kappa shape index (κ2) is 9.39. The number of rotatable bonds is 5. The van der Waals surface area contributed by atoms with Crippen LogP contribution in [0.3, 0.4) is 0 Å². The van der Waals surface area contributed by atoms with Crippen LogP contribution in [0.15, 0.2) is 36.9 Å². The van der Waals surface area contributed by atoms with Crippen molar-refractivity contribution < 1.29 is 35.9 Å². The molecule has 2 unspecified atom stereocenters. The Morgan fingerprint density at radius 3 is 2.56 bits per heavy atom. The topological polar surface area (TPSA) is 86.0 Å². The van der Waals surface area contributed by atoms with Crippen LogP contribution >= 0.6 is 0 Å². The normalized spacial score (nSPS) is 19.8. The van der Waals surface area contributed by atoms with E-state index in [1.807, 2.05) is 0 Å². The first-order chi connectivity index (χ1) is 16.9. The highest BCUT2D eigenvalue weighted by molar-refractivity contribution is 5.98. The SMILES string of the molecule is CC1CC(F)(F)CN(C(=O)c2nn(C)cc2-c2ncccn2)C1COc1ncc(C(F)(F)F)cc1F. The van der Waals surface area contributed by atoms with E-state index in [2.05, 4.69) is 20.1 Å². The van der Waals surface area contributed by atoms with Crippen LogP contribution in [0.1, 0.15) is 29.4 Å². The lowest BCUT2D eigenvalue weighted by atomic mass is 9.88. The number of ether oxygens (including phenoxy) is 1. The molecule has 1 aliphatic rings. The number of hydrogen-bond acceptors (Lipinski definition) is 6. The maximum Gasteiger partial charge on any atom is 0.417 e. The summed E-state index contributed by atoms with van der Waals surface area (Å²) in [7, 11) is 1.54. The molecule has 36 heavy (non-hydrogen) atoms. The number of aromatic nitrogens is 5. The van der Waals surface area contributed by atoms with Gasteiger partial charge in [-0.15, -0.1) is 0 Å². The molecule has 1 fully saturated rings. The average molecular weight is 514 g/mol. The molecule has 1 saturated heterocycles. The van der Waals surface area contributed by atoms with Gasteiger partial charge in [-0.05, 0) is 18.1 Å². The monoisotopic (exact) mass is 514 g/mol. The zero-order valence-corrected chi connectivity index (χ0v) is 19.0. The number of carbonyl (C=O) groups is 1. The molecule has 0 aliphatic carbocycles. The quantitative estimate of drug-likeness (QED) is 0.479. The fourth-order valence-corrected chi connectivity index (χ4v) is 4.06. The highest BCUT2D eigenvalue weighted by Gasteiger charge is 2.47. The minimum absolute atomic E-state index is 0.162. The van der Waals surface area contributed by atoms with Gasteiger partial charge in [-0.3, -0.25) is 9.48 Å². The lowest BCUT2D eigenvalue weighted by Gasteiger charge is -2.42. The van der Waals surface area contributed by atoms with Gasteiger partial charge in [0.05, 0.1) is 23.7 Å². The summed E-state index contributed by atoms with van der Waals surface area (Å²) in [4.78, 5) is 25.9. The van der Waals surface area contributed by atoms with Gasteiger partial charge in [0.2, 0.25) is 5.88 Å². The molecular weight excluding hydrogens is 494 g/mol. The van der Waals surface area contributed by atoms with Gasteiger partial charge in [-0.1, -0.05) is 6.92 Å². The van der Waals surface area contributed by atoms with Crippen molar-refractivity contribution in [1.29, 1.82) is 0 Å².